The molecule has 0 aliphatic rings. The Bertz CT molecular complexity index is 1310. The Labute approximate surface area is 187 Å². The average molecular weight is 475 g/mol. The Morgan fingerprint density at radius 2 is 1.84 bits per heavy atom. The molecule has 9 nitrogen and oxygen atoms in total. The Kier molecular flexibility index (Phi) is 7.03. The molecule has 3 rings (SSSR count). The molecule has 1 heterocycles. The van der Waals surface area contributed by atoms with Crippen LogP contribution in [0.15, 0.2) is 59.1 Å². The van der Waals surface area contributed by atoms with Gasteiger partial charge in [0.25, 0.3) is 10.1 Å². The van der Waals surface area contributed by atoms with Gasteiger partial charge in [-0.15, -0.1) is 11.3 Å². The minimum absolute atomic E-state index is 0.121. The molecular formula is C21H18N2O7S2. The van der Waals surface area contributed by atoms with Gasteiger partial charge in [-0.2, -0.15) is 8.42 Å². The van der Waals surface area contributed by atoms with Gasteiger partial charge in [0.15, 0.2) is 0 Å². The molecule has 0 aliphatic carbocycles. The molecule has 166 valence electrons. The lowest BCUT2D eigenvalue weighted by Gasteiger charge is -2.11. The summed E-state index contributed by atoms with van der Waals surface area (Å²) in [4.78, 5) is 27.5. The zero-order valence-electron chi connectivity index (χ0n) is 16.9. The molecule has 11 heteroatoms. The first-order chi connectivity index (χ1) is 15.2. The third kappa shape index (κ3) is 5.58. The predicted molar refractivity (Wildman–Crippen MR) is 121 cm³/mol. The van der Waals surface area contributed by atoms with Crippen LogP contribution in [0, 0.1) is 0 Å². The maximum absolute atomic E-state index is 12.0. The van der Waals surface area contributed by atoms with Crippen LogP contribution in [-0.4, -0.2) is 44.1 Å². The molecule has 0 spiro atoms. The Morgan fingerprint density at radius 1 is 1.09 bits per heavy atom. The van der Waals surface area contributed by atoms with Crippen molar-refractivity contribution in [2.45, 2.75) is 4.90 Å². The van der Waals surface area contributed by atoms with E-state index in [1.807, 2.05) is 24.3 Å². The molecular weight excluding hydrogens is 456 g/mol. The molecule has 0 atom stereocenters. The third-order valence-corrected chi connectivity index (χ3v) is 6.07. The quantitative estimate of drug-likeness (QED) is 0.300. The summed E-state index contributed by atoms with van der Waals surface area (Å²) in [5.41, 5.74) is 0.863. The number of carbonyl (C=O) groups is 2. The van der Waals surface area contributed by atoms with Crippen LogP contribution in [0.3, 0.4) is 0 Å². The number of carbonyl (C=O) groups excluding carboxylic acids is 2. The fourth-order valence-corrected chi connectivity index (χ4v) is 4.26. The van der Waals surface area contributed by atoms with Crippen molar-refractivity contribution in [1.82, 2.24) is 4.98 Å². The molecule has 0 saturated carbocycles. The summed E-state index contributed by atoms with van der Waals surface area (Å²) >= 11 is 1.43. The average Bonchev–Trinajstić information content (AvgIpc) is 3.19. The highest BCUT2D eigenvalue weighted by Gasteiger charge is 2.18. The van der Waals surface area contributed by atoms with Crippen LogP contribution in [0.2, 0.25) is 0 Å². The Hall–Kier alpha value is -3.54. The maximum Gasteiger partial charge on any atom is 0.354 e. The fourth-order valence-electron chi connectivity index (χ4n) is 2.68. The number of para-hydroxylation sites is 1. The lowest BCUT2D eigenvalue weighted by molar-refractivity contribution is -0.138. The van der Waals surface area contributed by atoms with Gasteiger partial charge in [-0.3, -0.25) is 4.55 Å². The molecule has 0 aliphatic heterocycles. The molecule has 32 heavy (non-hydrogen) atoms. The zero-order chi connectivity index (χ0) is 23.3. The van der Waals surface area contributed by atoms with E-state index in [2.05, 4.69) is 19.8 Å². The van der Waals surface area contributed by atoms with Crippen molar-refractivity contribution in [3.05, 3.63) is 64.8 Å². The second-order valence-corrected chi connectivity index (χ2v) is 8.73. The molecule has 0 fully saturated rings. The number of rotatable bonds is 7. The van der Waals surface area contributed by atoms with E-state index < -0.39 is 27.0 Å². The summed E-state index contributed by atoms with van der Waals surface area (Å²) < 4.78 is 43.7. The number of nitrogens with zero attached hydrogens (tertiary/aromatic N) is 1. The van der Waals surface area contributed by atoms with E-state index in [0.717, 1.165) is 36.6 Å². The number of nitrogens with one attached hydrogen (secondary N) is 1. The molecule has 1 aromatic heterocycles. The third-order valence-electron chi connectivity index (χ3n) is 4.16. The van der Waals surface area contributed by atoms with Gasteiger partial charge in [0.05, 0.1) is 30.5 Å². The number of methoxy groups -OCH3 is 2. The van der Waals surface area contributed by atoms with Crippen molar-refractivity contribution in [3.8, 4) is 0 Å². The molecule has 2 N–H and O–H groups in total. The van der Waals surface area contributed by atoms with Crippen molar-refractivity contribution in [3.63, 3.8) is 0 Å². The van der Waals surface area contributed by atoms with Crippen molar-refractivity contribution >= 4 is 61.4 Å². The van der Waals surface area contributed by atoms with Gasteiger partial charge < -0.3 is 14.8 Å². The molecule has 0 bridgehead atoms. The van der Waals surface area contributed by atoms with Gasteiger partial charge in [-0.05, 0) is 35.9 Å². The molecule has 0 unspecified atom stereocenters. The van der Waals surface area contributed by atoms with Crippen molar-refractivity contribution in [2.75, 3.05) is 19.5 Å². The van der Waals surface area contributed by atoms with E-state index in [0.29, 0.717) is 5.01 Å². The molecule has 3 aromatic rings. The number of hydrogen-bond donors (Lipinski definition) is 2. The van der Waals surface area contributed by atoms with Crippen LogP contribution in [0.4, 0.5) is 5.69 Å². The number of anilines is 1. The minimum Gasteiger partial charge on any atom is -0.466 e. The number of esters is 2. The molecule has 0 amide bonds. The molecule has 2 aromatic carbocycles. The highest BCUT2D eigenvalue weighted by molar-refractivity contribution is 7.86. The lowest BCUT2D eigenvalue weighted by Crippen LogP contribution is -2.15. The van der Waals surface area contributed by atoms with E-state index in [1.54, 1.807) is 6.08 Å². The van der Waals surface area contributed by atoms with Crippen LogP contribution in [0.5, 0.6) is 0 Å². The molecule has 0 radical (unpaired) electrons. The number of thiazole rings is 1. The minimum atomic E-state index is -4.61. The van der Waals surface area contributed by atoms with E-state index in [-0.39, 0.29) is 16.9 Å². The van der Waals surface area contributed by atoms with Crippen LogP contribution >= 0.6 is 11.3 Å². The zero-order valence-corrected chi connectivity index (χ0v) is 18.6. The summed E-state index contributed by atoms with van der Waals surface area (Å²) in [6.07, 6.45) is 4.01. The summed E-state index contributed by atoms with van der Waals surface area (Å²) in [7, 11) is -2.35. The van der Waals surface area contributed by atoms with Crippen LogP contribution in [-0.2, 0) is 29.2 Å². The number of aromatic nitrogens is 1. The van der Waals surface area contributed by atoms with Crippen molar-refractivity contribution in [1.29, 1.82) is 0 Å². The van der Waals surface area contributed by atoms with Crippen LogP contribution in [0.1, 0.15) is 10.6 Å². The standard InChI is InChI=1S/C21H18N2O7S2/c1-29-20(24)12-16(21(25)30-2)22-14-9-7-13(18(11-14)32(26,27)28)8-10-19-23-15-5-3-4-6-17(15)31-19/h3-12,22H,1-2H3,(H,26,27,28)/b10-8?,16-12+. The maximum atomic E-state index is 12.0. The lowest BCUT2D eigenvalue weighted by atomic mass is 10.2. The van der Waals surface area contributed by atoms with Gasteiger partial charge in [0, 0.05) is 5.69 Å². The largest absolute Gasteiger partial charge is 0.466 e. The first kappa shape index (κ1) is 23.1. The first-order valence-electron chi connectivity index (χ1n) is 9.01. The van der Waals surface area contributed by atoms with E-state index >= 15 is 0 Å². The summed E-state index contributed by atoms with van der Waals surface area (Å²) in [5.74, 6) is -1.69. The Balaban J connectivity index is 1.96. The van der Waals surface area contributed by atoms with Gasteiger partial charge in [-0.25, -0.2) is 14.6 Å². The first-order valence-corrected chi connectivity index (χ1v) is 11.3. The normalized spacial score (nSPS) is 12.2. The van der Waals surface area contributed by atoms with E-state index in [4.69, 9.17) is 0 Å². The smallest absolute Gasteiger partial charge is 0.354 e. The number of benzene rings is 2. The van der Waals surface area contributed by atoms with Gasteiger partial charge in [0.1, 0.15) is 15.6 Å². The van der Waals surface area contributed by atoms with Crippen molar-refractivity contribution < 1.29 is 32.0 Å². The van der Waals surface area contributed by atoms with E-state index in [9.17, 15) is 22.6 Å². The highest BCUT2D eigenvalue weighted by Crippen LogP contribution is 2.26. The second-order valence-electron chi connectivity index (χ2n) is 6.28. The van der Waals surface area contributed by atoms with Crippen LogP contribution in [0.25, 0.3) is 22.4 Å². The highest BCUT2D eigenvalue weighted by atomic mass is 32.2. The Morgan fingerprint density at radius 3 is 2.50 bits per heavy atom. The number of ether oxygens (including phenoxy) is 2. The van der Waals surface area contributed by atoms with E-state index in [1.165, 1.54) is 29.5 Å². The fraction of sp³-hybridized carbons (Fsp3) is 0.0952. The summed E-state index contributed by atoms with van der Waals surface area (Å²) in [6.45, 7) is 0. The second kappa shape index (κ2) is 9.73. The molecule has 0 saturated heterocycles. The topological polar surface area (TPSA) is 132 Å². The van der Waals surface area contributed by atoms with Crippen molar-refractivity contribution in [2.24, 2.45) is 0 Å². The summed E-state index contributed by atoms with van der Waals surface area (Å²) in [5, 5.41) is 3.26. The summed E-state index contributed by atoms with van der Waals surface area (Å²) in [6, 6.07) is 11.6. The predicted octanol–water partition coefficient (Wildman–Crippen LogP) is 3.36. The van der Waals surface area contributed by atoms with Gasteiger partial charge in [0.2, 0.25) is 0 Å². The number of fused-ring (bicyclic) bond motifs is 1. The SMILES string of the molecule is COC(=O)/C=C(/Nc1ccc(C=Cc2nc3ccccc3s2)c(S(=O)(=O)O)c1)C(=O)OC. The van der Waals surface area contributed by atoms with Gasteiger partial charge in [-0.1, -0.05) is 24.3 Å². The van der Waals surface area contributed by atoms with Gasteiger partial charge >= 0.3 is 11.9 Å². The van der Waals surface area contributed by atoms with Crippen LogP contribution < -0.4 is 5.32 Å². The number of hydrogen-bond acceptors (Lipinski definition) is 9. The monoisotopic (exact) mass is 474 g/mol.